The van der Waals surface area contributed by atoms with Crippen molar-refractivity contribution in [2.45, 2.75) is 13.5 Å². The molecule has 0 unspecified atom stereocenters. The monoisotopic (exact) mass is 360 g/mol. The predicted octanol–water partition coefficient (Wildman–Crippen LogP) is 2.46. The number of fused-ring (bicyclic) bond motifs is 1. The van der Waals surface area contributed by atoms with Gasteiger partial charge in [-0.3, -0.25) is 13.9 Å². The Balaban J connectivity index is 1.96. The third-order valence-electron chi connectivity index (χ3n) is 4.85. The second-order valence-corrected chi connectivity index (χ2v) is 6.75. The summed E-state index contributed by atoms with van der Waals surface area (Å²) in [4.78, 5) is 30.5. The van der Waals surface area contributed by atoms with Crippen molar-refractivity contribution in [1.29, 1.82) is 0 Å². The molecule has 0 fully saturated rings. The SMILES string of the molecule is Cc1ccc(-c2nc3c(c(=O)n(Cc4ccccc4)c(=O)n3C)n2C)cc1. The van der Waals surface area contributed by atoms with Gasteiger partial charge in [0.2, 0.25) is 0 Å². The molecule has 0 bridgehead atoms. The number of imidazole rings is 1. The molecule has 0 spiro atoms. The van der Waals surface area contributed by atoms with Gasteiger partial charge in [0.1, 0.15) is 5.82 Å². The molecule has 0 saturated heterocycles. The highest BCUT2D eigenvalue weighted by Gasteiger charge is 2.19. The van der Waals surface area contributed by atoms with Crippen molar-refractivity contribution in [2.24, 2.45) is 14.1 Å². The van der Waals surface area contributed by atoms with Crippen molar-refractivity contribution in [2.75, 3.05) is 0 Å². The van der Waals surface area contributed by atoms with Crippen molar-refractivity contribution in [3.63, 3.8) is 0 Å². The Bertz CT molecular complexity index is 1250. The number of rotatable bonds is 3. The van der Waals surface area contributed by atoms with Crippen LogP contribution in [0.15, 0.2) is 64.2 Å². The quantitative estimate of drug-likeness (QED) is 0.564. The number of hydrogen-bond donors (Lipinski definition) is 0. The third-order valence-corrected chi connectivity index (χ3v) is 4.85. The van der Waals surface area contributed by atoms with E-state index in [0.29, 0.717) is 17.0 Å². The van der Waals surface area contributed by atoms with Gasteiger partial charge >= 0.3 is 5.69 Å². The fourth-order valence-electron chi connectivity index (χ4n) is 3.31. The van der Waals surface area contributed by atoms with Gasteiger partial charge in [0.05, 0.1) is 6.54 Å². The number of nitrogens with zero attached hydrogens (tertiary/aromatic N) is 4. The maximum Gasteiger partial charge on any atom is 0.332 e. The second-order valence-electron chi connectivity index (χ2n) is 6.75. The summed E-state index contributed by atoms with van der Waals surface area (Å²) < 4.78 is 4.47. The van der Waals surface area contributed by atoms with Gasteiger partial charge in [-0.05, 0) is 12.5 Å². The summed E-state index contributed by atoms with van der Waals surface area (Å²) in [6.45, 7) is 2.25. The van der Waals surface area contributed by atoms with Gasteiger partial charge in [0.15, 0.2) is 11.2 Å². The van der Waals surface area contributed by atoms with Gasteiger partial charge < -0.3 is 4.57 Å². The van der Waals surface area contributed by atoms with Crippen LogP contribution in [-0.2, 0) is 20.6 Å². The van der Waals surface area contributed by atoms with Crippen molar-refractivity contribution >= 4 is 11.2 Å². The molecule has 136 valence electrons. The second kappa shape index (κ2) is 6.39. The first-order valence-electron chi connectivity index (χ1n) is 8.74. The highest BCUT2D eigenvalue weighted by atomic mass is 16.2. The largest absolute Gasteiger partial charge is 0.332 e. The van der Waals surface area contributed by atoms with E-state index in [-0.39, 0.29) is 17.8 Å². The summed E-state index contributed by atoms with van der Waals surface area (Å²) >= 11 is 0. The maximum absolute atomic E-state index is 13.1. The van der Waals surface area contributed by atoms with Crippen LogP contribution in [0.2, 0.25) is 0 Å². The number of aryl methyl sites for hydroxylation is 3. The Morgan fingerprint density at radius 3 is 2.22 bits per heavy atom. The van der Waals surface area contributed by atoms with Gasteiger partial charge in [0, 0.05) is 19.7 Å². The average Bonchev–Trinajstić information content (AvgIpc) is 3.02. The lowest BCUT2D eigenvalue weighted by atomic mass is 10.1. The van der Waals surface area contributed by atoms with Gasteiger partial charge in [-0.1, -0.05) is 60.2 Å². The van der Waals surface area contributed by atoms with Gasteiger partial charge in [0.25, 0.3) is 5.56 Å². The standard InChI is InChI=1S/C21H20N4O2/c1-14-9-11-16(12-10-14)18-22-19-17(23(18)2)20(26)25(21(27)24(19)3)13-15-7-5-4-6-8-15/h4-12H,13H2,1-3H3. The molecule has 2 aromatic carbocycles. The molecule has 0 amide bonds. The fraction of sp³-hybridized carbons (Fsp3) is 0.190. The smallest absolute Gasteiger partial charge is 0.321 e. The minimum absolute atomic E-state index is 0.229. The van der Waals surface area contributed by atoms with E-state index in [1.54, 1.807) is 11.6 Å². The molecular formula is C21H20N4O2. The Labute approximate surface area is 156 Å². The fourth-order valence-corrected chi connectivity index (χ4v) is 3.31. The molecule has 0 aliphatic rings. The Morgan fingerprint density at radius 2 is 1.56 bits per heavy atom. The molecule has 6 nitrogen and oxygen atoms in total. The Hall–Kier alpha value is -3.41. The molecule has 0 atom stereocenters. The van der Waals surface area contributed by atoms with Crippen LogP contribution >= 0.6 is 0 Å². The minimum atomic E-state index is -0.370. The number of aromatic nitrogens is 4. The van der Waals surface area contributed by atoms with E-state index in [4.69, 9.17) is 0 Å². The van der Waals surface area contributed by atoms with Gasteiger partial charge in [-0.15, -0.1) is 0 Å². The first kappa shape index (κ1) is 17.0. The molecule has 2 heterocycles. The average molecular weight is 360 g/mol. The van der Waals surface area contributed by atoms with Crippen LogP contribution < -0.4 is 11.2 Å². The molecule has 0 aliphatic carbocycles. The highest BCUT2D eigenvalue weighted by molar-refractivity contribution is 5.76. The van der Waals surface area contributed by atoms with E-state index < -0.39 is 0 Å². The zero-order valence-electron chi connectivity index (χ0n) is 15.5. The highest BCUT2D eigenvalue weighted by Crippen LogP contribution is 2.21. The van der Waals surface area contributed by atoms with Crippen molar-refractivity contribution in [3.8, 4) is 11.4 Å². The zero-order valence-corrected chi connectivity index (χ0v) is 15.5. The summed E-state index contributed by atoms with van der Waals surface area (Å²) in [5.74, 6) is 0.662. The molecule has 0 aliphatic heterocycles. The van der Waals surface area contributed by atoms with Crippen LogP contribution in [0.4, 0.5) is 0 Å². The van der Waals surface area contributed by atoms with E-state index in [2.05, 4.69) is 4.98 Å². The summed E-state index contributed by atoms with van der Waals surface area (Å²) in [6.07, 6.45) is 0. The van der Waals surface area contributed by atoms with E-state index in [0.717, 1.165) is 16.7 Å². The first-order chi connectivity index (χ1) is 13.0. The molecule has 6 heteroatoms. The van der Waals surface area contributed by atoms with E-state index in [9.17, 15) is 9.59 Å². The summed E-state index contributed by atoms with van der Waals surface area (Å²) in [6, 6.07) is 17.4. The van der Waals surface area contributed by atoms with Crippen LogP contribution in [0.3, 0.4) is 0 Å². The van der Waals surface area contributed by atoms with Crippen molar-refractivity contribution in [3.05, 3.63) is 86.6 Å². The molecule has 0 N–H and O–H groups in total. The summed E-state index contributed by atoms with van der Waals surface area (Å²) in [7, 11) is 3.46. The molecular weight excluding hydrogens is 340 g/mol. The molecule has 4 aromatic rings. The lowest BCUT2D eigenvalue weighted by Gasteiger charge is -2.08. The molecule has 4 rings (SSSR count). The predicted molar refractivity (Wildman–Crippen MR) is 106 cm³/mol. The topological polar surface area (TPSA) is 61.8 Å². The number of benzene rings is 2. The van der Waals surface area contributed by atoms with Crippen LogP contribution in [0.1, 0.15) is 11.1 Å². The Morgan fingerprint density at radius 1 is 0.889 bits per heavy atom. The van der Waals surface area contributed by atoms with E-state index >= 15 is 0 Å². The first-order valence-corrected chi connectivity index (χ1v) is 8.74. The van der Waals surface area contributed by atoms with E-state index in [1.165, 1.54) is 9.13 Å². The van der Waals surface area contributed by atoms with Crippen molar-refractivity contribution < 1.29 is 0 Å². The third kappa shape index (κ3) is 2.79. The molecule has 27 heavy (non-hydrogen) atoms. The van der Waals surface area contributed by atoms with Crippen LogP contribution in [-0.4, -0.2) is 18.7 Å². The van der Waals surface area contributed by atoms with Crippen molar-refractivity contribution in [1.82, 2.24) is 18.7 Å². The number of hydrogen-bond acceptors (Lipinski definition) is 3. The molecule has 2 aromatic heterocycles. The normalized spacial score (nSPS) is 11.2. The summed E-state index contributed by atoms with van der Waals surface area (Å²) in [5, 5.41) is 0. The molecule has 0 radical (unpaired) electrons. The zero-order chi connectivity index (χ0) is 19.1. The summed E-state index contributed by atoms with van der Waals surface area (Å²) in [5.41, 5.74) is 3.07. The van der Waals surface area contributed by atoms with Crippen LogP contribution in [0.5, 0.6) is 0 Å². The molecule has 0 saturated carbocycles. The lowest BCUT2D eigenvalue weighted by Crippen LogP contribution is -2.39. The van der Waals surface area contributed by atoms with Gasteiger partial charge in [-0.25, -0.2) is 9.78 Å². The maximum atomic E-state index is 13.1. The minimum Gasteiger partial charge on any atom is -0.321 e. The van der Waals surface area contributed by atoms with Gasteiger partial charge in [-0.2, -0.15) is 0 Å². The Kier molecular flexibility index (Phi) is 4.03. The van der Waals surface area contributed by atoms with E-state index in [1.807, 2.05) is 68.6 Å². The van der Waals surface area contributed by atoms with Crippen LogP contribution in [0.25, 0.3) is 22.6 Å². The van der Waals surface area contributed by atoms with Crippen LogP contribution in [0, 0.1) is 6.92 Å². The lowest BCUT2D eigenvalue weighted by molar-refractivity contribution is 0.655.